The number of ketones is 1. The smallest absolute Gasteiger partial charge is 0.199 e. The van der Waals surface area contributed by atoms with Gasteiger partial charge in [-0.3, -0.25) is 9.36 Å². The van der Waals surface area contributed by atoms with E-state index >= 15 is 0 Å². The van der Waals surface area contributed by atoms with Crippen LogP contribution in [0.15, 0.2) is 18.2 Å². The van der Waals surface area contributed by atoms with E-state index in [0.29, 0.717) is 29.5 Å². The molecular weight excluding hydrogens is 378 g/mol. The van der Waals surface area contributed by atoms with Crippen molar-refractivity contribution in [1.29, 1.82) is 5.26 Å². The van der Waals surface area contributed by atoms with Crippen molar-refractivity contribution in [2.24, 2.45) is 5.41 Å². The second-order valence-corrected chi connectivity index (χ2v) is 9.54. The second-order valence-electron chi connectivity index (χ2n) is 9.54. The molecule has 2 aromatic rings. The summed E-state index contributed by atoms with van der Waals surface area (Å²) in [4.78, 5) is 12.8. The summed E-state index contributed by atoms with van der Waals surface area (Å²) in [5.41, 5.74) is 3.91. The molecule has 0 atom stereocenters. The van der Waals surface area contributed by atoms with Crippen molar-refractivity contribution in [1.82, 2.24) is 4.57 Å². The number of carbonyl (C=O) groups excluding carboxylic acids is 1. The summed E-state index contributed by atoms with van der Waals surface area (Å²) < 4.78 is 1.76. The molecule has 0 spiro atoms. The number of hydrogen-bond acceptors (Lipinski definition) is 5. The third-order valence-electron chi connectivity index (χ3n) is 6.48. The first kappa shape index (κ1) is 20.5. The average molecular weight is 408 g/mol. The van der Waals surface area contributed by atoms with Gasteiger partial charge in [0.25, 0.3) is 0 Å². The number of fused-ring (bicyclic) bond motifs is 1. The second kappa shape index (κ2) is 7.48. The molecule has 1 heterocycles. The normalized spacial score (nSPS) is 23.0. The van der Waals surface area contributed by atoms with Crippen LogP contribution in [0.25, 0.3) is 5.69 Å². The maximum atomic E-state index is 12.8. The largest absolute Gasteiger partial charge is 0.494 e. The molecule has 6 nitrogen and oxygen atoms in total. The van der Waals surface area contributed by atoms with E-state index in [2.05, 4.69) is 25.2 Å². The Bertz CT molecular complexity index is 1040. The van der Waals surface area contributed by atoms with Gasteiger partial charge in [0.05, 0.1) is 23.0 Å². The molecule has 0 saturated heterocycles. The highest BCUT2D eigenvalue weighted by Gasteiger charge is 2.37. The number of nitrogens with one attached hydrogen (secondary N) is 1. The number of benzene rings is 1. The van der Waals surface area contributed by atoms with E-state index in [1.54, 1.807) is 17.6 Å². The topological polar surface area (TPSA) is 98.3 Å². The van der Waals surface area contributed by atoms with E-state index in [1.165, 1.54) is 0 Å². The molecule has 0 unspecified atom stereocenters. The Kier molecular flexibility index (Phi) is 5.11. The molecule has 6 heteroatoms. The quantitative estimate of drug-likeness (QED) is 0.707. The molecule has 1 fully saturated rings. The van der Waals surface area contributed by atoms with Crippen LogP contribution in [-0.2, 0) is 6.42 Å². The van der Waals surface area contributed by atoms with Crippen LogP contribution in [0.2, 0.25) is 0 Å². The predicted molar refractivity (Wildman–Crippen MR) is 115 cm³/mol. The van der Waals surface area contributed by atoms with E-state index in [1.807, 2.05) is 12.1 Å². The highest BCUT2D eigenvalue weighted by molar-refractivity contribution is 6.01. The SMILES string of the molecule is Cc1c2c(n(-c3ccc(C#N)c(NC4CCC(O)CC4)c3)c1O)CC(C)(C)CC2=O. The molecule has 0 bridgehead atoms. The number of carbonyl (C=O) groups is 1. The van der Waals surface area contributed by atoms with Gasteiger partial charge >= 0.3 is 0 Å². The van der Waals surface area contributed by atoms with Gasteiger partial charge in [0.2, 0.25) is 0 Å². The number of nitrogens with zero attached hydrogens (tertiary/aromatic N) is 2. The Morgan fingerprint density at radius 3 is 2.57 bits per heavy atom. The molecule has 0 aliphatic heterocycles. The molecule has 4 rings (SSSR count). The predicted octanol–water partition coefficient (Wildman–Crippen LogP) is 4.23. The Morgan fingerprint density at radius 2 is 1.90 bits per heavy atom. The number of hydrogen-bond donors (Lipinski definition) is 3. The zero-order valence-corrected chi connectivity index (χ0v) is 17.8. The van der Waals surface area contributed by atoms with Crippen molar-refractivity contribution >= 4 is 11.5 Å². The maximum absolute atomic E-state index is 12.8. The van der Waals surface area contributed by atoms with Crippen LogP contribution in [0.1, 0.15) is 73.1 Å². The van der Waals surface area contributed by atoms with Crippen LogP contribution in [-0.4, -0.2) is 32.7 Å². The van der Waals surface area contributed by atoms with Crippen LogP contribution in [0.3, 0.4) is 0 Å². The van der Waals surface area contributed by atoms with Gasteiger partial charge in [0, 0.05) is 29.3 Å². The Hall–Kier alpha value is -2.78. The van der Waals surface area contributed by atoms with Gasteiger partial charge in [-0.05, 0) is 62.6 Å². The van der Waals surface area contributed by atoms with Crippen LogP contribution >= 0.6 is 0 Å². The van der Waals surface area contributed by atoms with Gasteiger partial charge in [0.15, 0.2) is 11.7 Å². The van der Waals surface area contributed by atoms with Crippen molar-refractivity contribution in [3.63, 3.8) is 0 Å². The Balaban J connectivity index is 1.76. The molecule has 3 N–H and O–H groups in total. The lowest BCUT2D eigenvalue weighted by molar-refractivity contribution is 0.0910. The number of nitriles is 1. The lowest BCUT2D eigenvalue weighted by Crippen LogP contribution is -2.29. The van der Waals surface area contributed by atoms with Crippen molar-refractivity contribution in [2.75, 3.05) is 5.32 Å². The summed E-state index contributed by atoms with van der Waals surface area (Å²) in [5.74, 6) is 0.156. The fraction of sp³-hybridized carbons (Fsp3) is 0.500. The van der Waals surface area contributed by atoms with E-state index in [4.69, 9.17) is 0 Å². The van der Waals surface area contributed by atoms with Gasteiger partial charge in [-0.1, -0.05) is 13.8 Å². The molecular formula is C24H29N3O3. The van der Waals surface area contributed by atoms with Crippen molar-refractivity contribution in [2.45, 2.75) is 71.4 Å². The minimum Gasteiger partial charge on any atom is -0.494 e. The standard InChI is InChI=1S/C24H29N3O3/c1-14-22-20(11-24(2,3)12-21(22)29)27(23(14)30)17-7-4-15(13-25)19(10-17)26-16-5-8-18(28)9-6-16/h4,7,10,16,18,26,28,30H,5-6,8-9,11-12H2,1-3H3. The highest BCUT2D eigenvalue weighted by atomic mass is 16.3. The first-order valence-electron chi connectivity index (χ1n) is 10.7. The highest BCUT2D eigenvalue weighted by Crippen LogP contribution is 2.42. The fourth-order valence-electron chi connectivity index (χ4n) is 4.92. The summed E-state index contributed by atoms with van der Waals surface area (Å²) in [7, 11) is 0. The van der Waals surface area contributed by atoms with E-state index < -0.39 is 0 Å². The van der Waals surface area contributed by atoms with Crippen LogP contribution in [0, 0.1) is 23.7 Å². The Morgan fingerprint density at radius 1 is 1.20 bits per heavy atom. The van der Waals surface area contributed by atoms with Crippen LogP contribution in [0.4, 0.5) is 5.69 Å². The van der Waals surface area contributed by atoms with E-state index in [0.717, 1.165) is 42.8 Å². The summed E-state index contributed by atoms with van der Waals surface area (Å²) in [6, 6.07) is 7.90. The zero-order chi connectivity index (χ0) is 21.6. The summed E-state index contributed by atoms with van der Waals surface area (Å²) >= 11 is 0. The molecule has 30 heavy (non-hydrogen) atoms. The molecule has 0 radical (unpaired) electrons. The summed E-state index contributed by atoms with van der Waals surface area (Å²) in [6.07, 6.45) is 4.13. The lowest BCUT2D eigenvalue weighted by atomic mass is 9.75. The first-order chi connectivity index (χ1) is 14.2. The number of aromatic hydroxyl groups is 1. The molecule has 1 saturated carbocycles. The molecule has 2 aliphatic rings. The van der Waals surface area contributed by atoms with Crippen LogP contribution in [0.5, 0.6) is 5.88 Å². The number of anilines is 1. The number of Topliss-reactive ketones (excluding diaryl/α,β-unsaturated/α-hetero) is 1. The summed E-state index contributed by atoms with van der Waals surface area (Å²) in [5, 5.41) is 33.7. The van der Waals surface area contributed by atoms with E-state index in [9.17, 15) is 20.3 Å². The minimum atomic E-state index is -0.239. The van der Waals surface area contributed by atoms with Gasteiger partial charge in [-0.15, -0.1) is 0 Å². The molecule has 0 amide bonds. The number of aliphatic hydroxyl groups is 1. The first-order valence-corrected chi connectivity index (χ1v) is 10.7. The van der Waals surface area contributed by atoms with Crippen LogP contribution < -0.4 is 5.32 Å². The Labute approximate surface area is 177 Å². The maximum Gasteiger partial charge on any atom is 0.199 e. The molecule has 1 aromatic heterocycles. The molecule has 2 aliphatic carbocycles. The molecule has 1 aromatic carbocycles. The fourth-order valence-corrected chi connectivity index (χ4v) is 4.92. The van der Waals surface area contributed by atoms with Crippen molar-refractivity contribution in [3.05, 3.63) is 40.6 Å². The number of aromatic nitrogens is 1. The van der Waals surface area contributed by atoms with Crippen molar-refractivity contribution < 1.29 is 15.0 Å². The number of rotatable bonds is 3. The third kappa shape index (κ3) is 3.59. The van der Waals surface area contributed by atoms with Gasteiger partial charge in [-0.2, -0.15) is 5.26 Å². The van der Waals surface area contributed by atoms with Gasteiger partial charge in [-0.25, -0.2) is 0 Å². The van der Waals surface area contributed by atoms with Gasteiger partial charge < -0.3 is 15.5 Å². The molecule has 158 valence electrons. The van der Waals surface area contributed by atoms with E-state index in [-0.39, 0.29) is 29.2 Å². The monoisotopic (exact) mass is 407 g/mol. The lowest BCUT2D eigenvalue weighted by Gasteiger charge is -2.30. The van der Waals surface area contributed by atoms with Gasteiger partial charge in [0.1, 0.15) is 6.07 Å². The van der Waals surface area contributed by atoms with Crippen molar-refractivity contribution in [3.8, 4) is 17.6 Å². The number of aliphatic hydroxyl groups excluding tert-OH is 1. The third-order valence-corrected chi connectivity index (χ3v) is 6.48. The minimum absolute atomic E-state index is 0.0700. The summed E-state index contributed by atoms with van der Waals surface area (Å²) in [6.45, 7) is 5.93. The average Bonchev–Trinajstić information content (AvgIpc) is 2.93. The zero-order valence-electron chi connectivity index (χ0n) is 17.8.